The van der Waals surface area contributed by atoms with Crippen LogP contribution < -0.4 is 10.6 Å². The second-order valence-corrected chi connectivity index (χ2v) is 3.66. The highest BCUT2D eigenvalue weighted by molar-refractivity contribution is 5.97. The number of amides is 1. The molecule has 0 unspecified atom stereocenters. The summed E-state index contributed by atoms with van der Waals surface area (Å²) in [5, 5.41) is 0. The van der Waals surface area contributed by atoms with Crippen molar-refractivity contribution in [3.05, 3.63) is 29.8 Å². The molecule has 3 heteroatoms. The Morgan fingerprint density at radius 3 is 2.93 bits per heavy atom. The third-order valence-electron chi connectivity index (χ3n) is 2.78. The molecule has 1 atom stereocenters. The molecule has 1 heterocycles. The van der Waals surface area contributed by atoms with Gasteiger partial charge in [0.1, 0.15) is 0 Å². The van der Waals surface area contributed by atoms with Gasteiger partial charge in [0.25, 0.3) is 0 Å². The van der Waals surface area contributed by atoms with Crippen LogP contribution in [0.1, 0.15) is 5.56 Å². The molecular formula is C11H14N2O. The molecule has 1 aliphatic heterocycles. The minimum absolute atomic E-state index is 0.0464. The lowest BCUT2D eigenvalue weighted by Gasteiger charge is -2.30. The van der Waals surface area contributed by atoms with Gasteiger partial charge in [0.2, 0.25) is 5.91 Å². The lowest BCUT2D eigenvalue weighted by molar-refractivity contribution is -0.122. The Balaban J connectivity index is 2.42. The number of benzene rings is 1. The average Bonchev–Trinajstić information content (AvgIpc) is 2.23. The number of para-hydroxylation sites is 1. The number of carbonyl (C=O) groups excluding carboxylic acids is 1. The summed E-state index contributed by atoms with van der Waals surface area (Å²) in [5.41, 5.74) is 7.79. The van der Waals surface area contributed by atoms with E-state index in [4.69, 9.17) is 5.73 Å². The predicted molar refractivity (Wildman–Crippen MR) is 56.1 cm³/mol. The number of hydrogen-bond donors (Lipinski definition) is 1. The van der Waals surface area contributed by atoms with Crippen LogP contribution >= 0.6 is 0 Å². The highest BCUT2D eigenvalue weighted by Gasteiger charge is 2.28. The summed E-state index contributed by atoms with van der Waals surface area (Å²) < 4.78 is 0. The predicted octanol–water partition coefficient (Wildman–Crippen LogP) is 0.780. The fraction of sp³-hybridized carbons (Fsp3) is 0.364. The van der Waals surface area contributed by atoms with E-state index in [9.17, 15) is 4.79 Å². The molecular weight excluding hydrogens is 176 g/mol. The van der Waals surface area contributed by atoms with Crippen molar-refractivity contribution < 1.29 is 4.79 Å². The summed E-state index contributed by atoms with van der Waals surface area (Å²) in [4.78, 5) is 13.5. The van der Waals surface area contributed by atoms with Crippen molar-refractivity contribution in [3.8, 4) is 0 Å². The van der Waals surface area contributed by atoms with Crippen LogP contribution in [0.3, 0.4) is 0 Å². The van der Waals surface area contributed by atoms with Gasteiger partial charge >= 0.3 is 0 Å². The van der Waals surface area contributed by atoms with E-state index < -0.39 is 0 Å². The fourth-order valence-corrected chi connectivity index (χ4v) is 1.94. The molecule has 1 aromatic carbocycles. The van der Waals surface area contributed by atoms with Crippen molar-refractivity contribution >= 4 is 11.6 Å². The molecule has 14 heavy (non-hydrogen) atoms. The van der Waals surface area contributed by atoms with Crippen LogP contribution in [0.2, 0.25) is 0 Å². The number of nitrogens with zero attached hydrogens (tertiary/aromatic N) is 1. The normalized spacial score (nSPS) is 20.9. The maximum Gasteiger partial charge on any atom is 0.231 e. The van der Waals surface area contributed by atoms with Gasteiger partial charge in [-0.05, 0) is 18.1 Å². The number of nitrogens with two attached hydrogens (primary N) is 1. The van der Waals surface area contributed by atoms with Gasteiger partial charge in [-0.15, -0.1) is 0 Å². The Morgan fingerprint density at radius 2 is 2.21 bits per heavy atom. The van der Waals surface area contributed by atoms with E-state index in [2.05, 4.69) is 6.07 Å². The summed E-state index contributed by atoms with van der Waals surface area (Å²) in [6.07, 6.45) is 0.774. The van der Waals surface area contributed by atoms with Crippen LogP contribution in [-0.4, -0.2) is 19.5 Å². The van der Waals surface area contributed by atoms with Crippen molar-refractivity contribution in [1.29, 1.82) is 0 Å². The Labute approximate surface area is 83.5 Å². The summed E-state index contributed by atoms with van der Waals surface area (Å²) in [5.74, 6) is 0.0844. The van der Waals surface area contributed by atoms with E-state index in [1.165, 1.54) is 5.56 Å². The van der Waals surface area contributed by atoms with Crippen LogP contribution in [0.25, 0.3) is 0 Å². The van der Waals surface area contributed by atoms with Crippen molar-refractivity contribution in [3.63, 3.8) is 0 Å². The minimum atomic E-state index is -0.0464. The van der Waals surface area contributed by atoms with E-state index >= 15 is 0 Å². The third kappa shape index (κ3) is 1.30. The molecule has 0 saturated carbocycles. The largest absolute Gasteiger partial charge is 0.330 e. The number of fused-ring (bicyclic) bond motifs is 1. The van der Waals surface area contributed by atoms with Crippen LogP contribution in [0.4, 0.5) is 5.69 Å². The zero-order chi connectivity index (χ0) is 10.1. The Kier molecular flexibility index (Phi) is 2.25. The lowest BCUT2D eigenvalue weighted by Crippen LogP contribution is -2.41. The van der Waals surface area contributed by atoms with Gasteiger partial charge in [0.05, 0.1) is 5.92 Å². The van der Waals surface area contributed by atoms with Crippen molar-refractivity contribution in [2.75, 3.05) is 18.5 Å². The Morgan fingerprint density at radius 1 is 1.50 bits per heavy atom. The van der Waals surface area contributed by atoms with Gasteiger partial charge in [-0.25, -0.2) is 0 Å². The number of carbonyl (C=O) groups is 1. The summed E-state index contributed by atoms with van der Waals surface area (Å²) in [7, 11) is 1.81. The van der Waals surface area contributed by atoms with Crippen molar-refractivity contribution in [1.82, 2.24) is 0 Å². The molecule has 0 fully saturated rings. The van der Waals surface area contributed by atoms with Gasteiger partial charge in [0.15, 0.2) is 0 Å². The van der Waals surface area contributed by atoms with Crippen molar-refractivity contribution in [2.24, 2.45) is 11.7 Å². The summed E-state index contributed by atoms with van der Waals surface area (Å²) >= 11 is 0. The summed E-state index contributed by atoms with van der Waals surface area (Å²) in [6, 6.07) is 7.97. The molecule has 74 valence electrons. The second-order valence-electron chi connectivity index (χ2n) is 3.66. The van der Waals surface area contributed by atoms with Crippen LogP contribution in [0.15, 0.2) is 24.3 Å². The Hall–Kier alpha value is -1.35. The van der Waals surface area contributed by atoms with Crippen LogP contribution in [0.5, 0.6) is 0 Å². The molecule has 1 amide bonds. The zero-order valence-corrected chi connectivity index (χ0v) is 8.23. The third-order valence-corrected chi connectivity index (χ3v) is 2.78. The number of anilines is 1. The fourth-order valence-electron chi connectivity index (χ4n) is 1.94. The molecule has 1 aliphatic rings. The molecule has 0 radical (unpaired) electrons. The van der Waals surface area contributed by atoms with E-state index in [0.717, 1.165) is 12.1 Å². The number of rotatable bonds is 1. The first-order valence-electron chi connectivity index (χ1n) is 4.79. The van der Waals surface area contributed by atoms with E-state index in [1.807, 2.05) is 25.2 Å². The molecule has 2 N–H and O–H groups in total. The van der Waals surface area contributed by atoms with Gasteiger partial charge in [-0.1, -0.05) is 18.2 Å². The standard InChI is InChI=1S/C11H14N2O/c1-13-10-5-3-2-4-8(10)6-9(7-12)11(13)14/h2-5,9H,6-7,12H2,1H3/t9-/m0/s1. The average molecular weight is 190 g/mol. The molecule has 0 aliphatic carbocycles. The van der Waals surface area contributed by atoms with E-state index in [0.29, 0.717) is 6.54 Å². The topological polar surface area (TPSA) is 46.3 Å². The summed E-state index contributed by atoms with van der Waals surface area (Å²) in [6.45, 7) is 0.428. The molecule has 0 saturated heterocycles. The minimum Gasteiger partial charge on any atom is -0.330 e. The SMILES string of the molecule is CN1C(=O)[C@H](CN)Cc2ccccc21. The molecule has 3 nitrogen and oxygen atoms in total. The molecule has 1 aromatic rings. The Bertz CT molecular complexity index is 362. The van der Waals surface area contributed by atoms with Gasteiger partial charge in [-0.3, -0.25) is 4.79 Å². The van der Waals surface area contributed by atoms with Crippen molar-refractivity contribution in [2.45, 2.75) is 6.42 Å². The highest BCUT2D eigenvalue weighted by Crippen LogP contribution is 2.28. The maximum atomic E-state index is 11.8. The first-order valence-corrected chi connectivity index (χ1v) is 4.79. The van der Waals surface area contributed by atoms with Gasteiger partial charge in [-0.2, -0.15) is 0 Å². The van der Waals surface area contributed by atoms with E-state index in [1.54, 1.807) is 4.90 Å². The molecule has 0 spiro atoms. The monoisotopic (exact) mass is 190 g/mol. The van der Waals surface area contributed by atoms with Gasteiger partial charge in [0, 0.05) is 19.3 Å². The van der Waals surface area contributed by atoms with Crippen LogP contribution in [-0.2, 0) is 11.2 Å². The first-order chi connectivity index (χ1) is 6.74. The zero-order valence-electron chi connectivity index (χ0n) is 8.23. The highest BCUT2D eigenvalue weighted by atomic mass is 16.2. The number of hydrogen-bond acceptors (Lipinski definition) is 2. The lowest BCUT2D eigenvalue weighted by atomic mass is 9.92. The molecule has 2 rings (SSSR count). The maximum absolute atomic E-state index is 11.8. The molecule has 0 bridgehead atoms. The smallest absolute Gasteiger partial charge is 0.231 e. The van der Waals surface area contributed by atoms with E-state index in [-0.39, 0.29) is 11.8 Å². The van der Waals surface area contributed by atoms with Gasteiger partial charge < -0.3 is 10.6 Å². The van der Waals surface area contributed by atoms with Crippen LogP contribution in [0, 0.1) is 5.92 Å². The second kappa shape index (κ2) is 3.42. The quantitative estimate of drug-likeness (QED) is 0.711. The molecule has 0 aromatic heterocycles. The first kappa shape index (κ1) is 9.21.